The fourth-order valence-electron chi connectivity index (χ4n) is 8.35. The van der Waals surface area contributed by atoms with Gasteiger partial charge in [-0.3, -0.25) is 9.69 Å². The lowest BCUT2D eigenvalue weighted by Gasteiger charge is -2.39. The van der Waals surface area contributed by atoms with Crippen molar-refractivity contribution in [3.8, 4) is 11.1 Å². The second-order valence-corrected chi connectivity index (χ2v) is 25.3. The van der Waals surface area contributed by atoms with Crippen LogP contribution in [0.1, 0.15) is 62.0 Å². The molecule has 5 aromatic rings. The molecule has 2 aliphatic heterocycles. The number of sulfonamides is 1. The third-order valence-electron chi connectivity index (χ3n) is 12.3. The quantitative estimate of drug-likeness (QED) is 0.0719. The number of amides is 1. The van der Waals surface area contributed by atoms with Crippen LogP contribution in [0.3, 0.4) is 0 Å². The molecule has 0 aromatic heterocycles. The third kappa shape index (κ3) is 13.5. The lowest BCUT2D eigenvalue weighted by atomic mass is 9.83. The number of nitrogens with one attached hydrogen (secondary N) is 3. The summed E-state index contributed by atoms with van der Waals surface area (Å²) in [4.78, 5) is 16.5. The summed E-state index contributed by atoms with van der Waals surface area (Å²) in [5.74, 6) is -0.607. The van der Waals surface area contributed by atoms with Crippen molar-refractivity contribution in [1.82, 2.24) is 14.3 Å². The molecule has 0 radical (unpaired) electrons. The number of morpholine rings is 1. The number of alkyl halides is 3. The minimum atomic E-state index is -6.08. The van der Waals surface area contributed by atoms with Gasteiger partial charge in [0, 0.05) is 71.7 Å². The number of hydrogen-bond donors (Lipinski definition) is 3. The standard InChI is InChI=1S/C50H57ClF3N5O7S4/c1-49(2,3)68(61)56-47(44-12-8-7-11-43(44)35-13-17-38(51)18-14-35)36-23-27-59(28-24-36)40-19-15-37(16-20-40)48(60)57-70(64,65)42-21-22-45(46(33-42)69(62,63)50(52,53)54)55-39(25-26-58-29-31-66-32-30-58)34-67-41-9-5-4-6-10-41/h4-22,33,36,39,47,55-56H,23-32,34H2,1-3H3,(H,57,60). The highest BCUT2D eigenvalue weighted by Crippen LogP contribution is 2.40. The molecule has 0 spiro atoms. The second-order valence-electron chi connectivity index (χ2n) is 18.2. The highest BCUT2D eigenvalue weighted by atomic mass is 35.5. The second kappa shape index (κ2) is 22.9. The van der Waals surface area contributed by atoms with Gasteiger partial charge >= 0.3 is 5.51 Å². The fraction of sp³-hybridized carbons (Fsp3) is 0.380. The fourth-order valence-corrected chi connectivity index (χ4v) is 12.4. The lowest BCUT2D eigenvalue weighted by molar-refractivity contribution is -0.0435. The van der Waals surface area contributed by atoms with Gasteiger partial charge < -0.3 is 15.0 Å². The molecule has 0 saturated carbocycles. The monoisotopic (exact) mass is 1060 g/mol. The van der Waals surface area contributed by atoms with E-state index in [-0.39, 0.29) is 17.5 Å². The van der Waals surface area contributed by atoms with E-state index in [0.717, 1.165) is 52.2 Å². The van der Waals surface area contributed by atoms with Gasteiger partial charge in [-0.1, -0.05) is 66.2 Å². The van der Waals surface area contributed by atoms with Gasteiger partial charge in [-0.2, -0.15) is 13.2 Å². The number of nitrogens with zero attached hydrogens (tertiary/aromatic N) is 2. The molecule has 20 heteroatoms. The highest BCUT2D eigenvalue weighted by molar-refractivity contribution is 7.99. The first-order chi connectivity index (χ1) is 33.2. The van der Waals surface area contributed by atoms with Gasteiger partial charge in [0.1, 0.15) is 4.90 Å². The number of ether oxygens (including phenoxy) is 1. The molecule has 0 bridgehead atoms. The maximum atomic E-state index is 14.2. The van der Waals surface area contributed by atoms with Crippen LogP contribution in [0.4, 0.5) is 24.5 Å². The summed E-state index contributed by atoms with van der Waals surface area (Å²) >= 11 is 7.65. The number of thioether (sulfide) groups is 1. The number of halogens is 4. The van der Waals surface area contributed by atoms with E-state index in [9.17, 15) is 39.0 Å². The molecular formula is C50H57ClF3N5O7S4. The molecule has 12 nitrogen and oxygen atoms in total. The molecule has 3 N–H and O–H groups in total. The third-order valence-corrected chi connectivity index (χ3v) is 18.1. The normalized spacial score (nSPS) is 16.9. The van der Waals surface area contributed by atoms with Crippen LogP contribution < -0.4 is 19.7 Å². The van der Waals surface area contributed by atoms with E-state index in [1.165, 1.54) is 23.9 Å². The Bertz CT molecular complexity index is 2820. The molecule has 7 rings (SSSR count). The van der Waals surface area contributed by atoms with Crippen LogP contribution in [0.25, 0.3) is 11.1 Å². The van der Waals surface area contributed by atoms with Crippen LogP contribution in [0.5, 0.6) is 0 Å². The van der Waals surface area contributed by atoms with Crippen LogP contribution in [-0.2, 0) is 35.6 Å². The van der Waals surface area contributed by atoms with E-state index < -0.39 is 68.5 Å². The molecule has 2 fully saturated rings. The minimum Gasteiger partial charge on any atom is -0.380 e. The van der Waals surface area contributed by atoms with Gasteiger partial charge in [0.2, 0.25) is 0 Å². The molecule has 0 aliphatic carbocycles. The van der Waals surface area contributed by atoms with Crippen molar-refractivity contribution in [2.45, 2.75) is 77.1 Å². The summed E-state index contributed by atoms with van der Waals surface area (Å²) in [7, 11) is -12.3. The van der Waals surface area contributed by atoms with Gasteiger partial charge in [0.05, 0.1) is 39.5 Å². The molecule has 3 atom stereocenters. The maximum Gasteiger partial charge on any atom is 0.501 e. The van der Waals surface area contributed by atoms with Crippen LogP contribution in [0.2, 0.25) is 5.02 Å². The zero-order valence-corrected chi connectivity index (χ0v) is 43.0. The summed E-state index contributed by atoms with van der Waals surface area (Å²) in [5.41, 5.74) is -2.43. The minimum absolute atomic E-state index is 0.0459. The van der Waals surface area contributed by atoms with Crippen molar-refractivity contribution < 1.29 is 43.7 Å². The van der Waals surface area contributed by atoms with Crippen LogP contribution in [-0.4, -0.2) is 99.8 Å². The lowest BCUT2D eigenvalue weighted by Crippen LogP contribution is -2.42. The molecular weight excluding hydrogens is 1000 g/mol. The smallest absolute Gasteiger partial charge is 0.380 e. The summed E-state index contributed by atoms with van der Waals surface area (Å²) < 4.78 is 120. The number of hydrogen-bond acceptors (Lipinski definition) is 11. The summed E-state index contributed by atoms with van der Waals surface area (Å²) in [5, 5.41) is 3.61. The number of sulfone groups is 1. The molecule has 2 aliphatic rings. The van der Waals surface area contributed by atoms with Gasteiger partial charge in [-0.15, -0.1) is 11.8 Å². The Morgan fingerprint density at radius 1 is 0.843 bits per heavy atom. The first-order valence-corrected chi connectivity index (χ1v) is 28.3. The van der Waals surface area contributed by atoms with Crippen molar-refractivity contribution in [3.05, 3.63) is 137 Å². The predicted molar refractivity (Wildman–Crippen MR) is 273 cm³/mol. The molecule has 5 aromatic carbocycles. The number of benzene rings is 5. The highest BCUT2D eigenvalue weighted by Gasteiger charge is 2.48. The van der Waals surface area contributed by atoms with Gasteiger partial charge in [-0.25, -0.2) is 30.5 Å². The van der Waals surface area contributed by atoms with Crippen molar-refractivity contribution in [1.29, 1.82) is 0 Å². The number of carbonyl (C=O) groups is 1. The summed E-state index contributed by atoms with van der Waals surface area (Å²) in [6.07, 6.45) is 1.89. The van der Waals surface area contributed by atoms with E-state index in [1.807, 2.05) is 98.3 Å². The number of rotatable bonds is 18. The van der Waals surface area contributed by atoms with E-state index in [2.05, 4.69) is 25.9 Å². The summed E-state index contributed by atoms with van der Waals surface area (Å²) in [6, 6.07) is 32.9. The van der Waals surface area contributed by atoms with Crippen molar-refractivity contribution in [3.63, 3.8) is 0 Å². The Kier molecular flexibility index (Phi) is 17.5. The van der Waals surface area contributed by atoms with Crippen molar-refractivity contribution >= 4 is 71.5 Å². The maximum absolute atomic E-state index is 14.2. The topological polar surface area (TPSA) is 154 Å². The van der Waals surface area contributed by atoms with Gasteiger partial charge in [0.15, 0.2) is 0 Å². The first kappa shape index (κ1) is 53.3. The van der Waals surface area contributed by atoms with Crippen LogP contribution in [0.15, 0.2) is 136 Å². The number of anilines is 2. The number of piperidine rings is 1. The molecule has 70 heavy (non-hydrogen) atoms. The molecule has 1 amide bonds. The zero-order valence-electron chi connectivity index (χ0n) is 39.0. The molecule has 376 valence electrons. The Hall–Kier alpha value is -4.47. The average Bonchev–Trinajstić information content (AvgIpc) is 3.34. The van der Waals surface area contributed by atoms with Gasteiger partial charge in [0.25, 0.3) is 25.8 Å². The van der Waals surface area contributed by atoms with E-state index in [4.69, 9.17) is 16.3 Å². The summed E-state index contributed by atoms with van der Waals surface area (Å²) in [6.45, 7) is 9.99. The zero-order chi connectivity index (χ0) is 50.3. The van der Waals surface area contributed by atoms with E-state index in [1.54, 1.807) is 12.1 Å². The Balaban J connectivity index is 1.05. The SMILES string of the molecule is CC(C)(C)S(=O)NC(c1ccccc1-c1ccc(Cl)cc1)C1CCN(c2ccc(C(=O)NS(=O)(=O)c3ccc(NC(CCN4CCOCC4)CSc4ccccc4)c(S(=O)(=O)C(F)(F)F)c3)cc2)CC1. The van der Waals surface area contributed by atoms with Crippen molar-refractivity contribution in [2.24, 2.45) is 5.92 Å². The molecule has 2 heterocycles. The predicted octanol–water partition coefficient (Wildman–Crippen LogP) is 9.72. The Labute approximate surface area is 420 Å². The molecule has 2 saturated heterocycles. The molecule has 3 unspecified atom stereocenters. The Morgan fingerprint density at radius 3 is 2.13 bits per heavy atom. The van der Waals surface area contributed by atoms with Gasteiger partial charge in [-0.05, 0) is 129 Å². The Morgan fingerprint density at radius 2 is 1.49 bits per heavy atom. The number of carbonyl (C=O) groups excluding carboxylic acids is 1. The van der Waals surface area contributed by atoms with E-state index >= 15 is 0 Å². The average molecular weight is 1060 g/mol. The van der Waals surface area contributed by atoms with E-state index in [0.29, 0.717) is 69.2 Å². The van der Waals surface area contributed by atoms with Crippen LogP contribution >= 0.6 is 23.4 Å². The first-order valence-electron chi connectivity index (χ1n) is 22.8. The van der Waals surface area contributed by atoms with Crippen LogP contribution in [0, 0.1) is 5.92 Å². The van der Waals surface area contributed by atoms with Crippen molar-refractivity contribution in [2.75, 3.05) is 61.9 Å². The largest absolute Gasteiger partial charge is 0.501 e.